The Morgan fingerprint density at radius 3 is 2.69 bits per heavy atom. The molecule has 1 amide bonds. The monoisotopic (exact) mass is 193 g/mol. The predicted octanol–water partition coefficient (Wildman–Crippen LogP) is 0.438. The van der Waals surface area contributed by atoms with Crippen LogP contribution < -0.4 is 5.43 Å². The molecule has 0 aromatic carbocycles. The number of aliphatic imine (C=N–C) groups is 1. The Balaban J connectivity index is 2.46. The van der Waals surface area contributed by atoms with Gasteiger partial charge in [-0.15, -0.1) is 0 Å². The molecule has 0 spiro atoms. The summed E-state index contributed by atoms with van der Waals surface area (Å²) in [6, 6.07) is 0. The van der Waals surface area contributed by atoms with Crippen molar-refractivity contribution in [2.45, 2.75) is 6.18 Å². The highest BCUT2D eigenvalue weighted by Crippen LogP contribution is 2.14. The van der Waals surface area contributed by atoms with Gasteiger partial charge in [-0.3, -0.25) is 15.2 Å². The summed E-state index contributed by atoms with van der Waals surface area (Å²) in [5.41, 5.74) is 1.63. The number of hydrazine groups is 1. The number of alkyl halides is 3. The summed E-state index contributed by atoms with van der Waals surface area (Å²) >= 11 is 0. The van der Waals surface area contributed by atoms with E-state index < -0.39 is 12.1 Å². The Kier molecular flexibility index (Phi) is 2.54. The van der Waals surface area contributed by atoms with E-state index in [0.29, 0.717) is 0 Å². The summed E-state index contributed by atoms with van der Waals surface area (Å²) < 4.78 is 35.1. The zero-order valence-electron chi connectivity index (χ0n) is 6.38. The quantitative estimate of drug-likeness (QED) is 0.656. The van der Waals surface area contributed by atoms with Crippen LogP contribution in [0.3, 0.4) is 0 Å². The maximum atomic E-state index is 11.7. The third-order valence-electron chi connectivity index (χ3n) is 1.20. The van der Waals surface area contributed by atoms with Crippen LogP contribution in [0.1, 0.15) is 0 Å². The lowest BCUT2D eigenvalue weighted by atomic mass is 10.5. The molecule has 1 aliphatic rings. The molecule has 0 aliphatic carbocycles. The number of nitrogens with zero attached hydrogens (tertiary/aromatic N) is 2. The molecule has 1 aliphatic heterocycles. The lowest BCUT2D eigenvalue weighted by molar-refractivity contribution is -0.177. The van der Waals surface area contributed by atoms with E-state index in [9.17, 15) is 18.0 Å². The van der Waals surface area contributed by atoms with Crippen molar-refractivity contribution >= 4 is 12.2 Å². The maximum absolute atomic E-state index is 11.7. The van der Waals surface area contributed by atoms with Gasteiger partial charge in [0, 0.05) is 6.20 Å². The standard InChI is InChI=1S/C6H6F3N3O/c7-6(8,9)5(13)11-12-3-1-2-10-4-12/h1-2,4H,3H2,(H,11,13). The first kappa shape index (κ1) is 9.56. The Morgan fingerprint density at radius 2 is 2.23 bits per heavy atom. The van der Waals surface area contributed by atoms with Crippen molar-refractivity contribution in [3.63, 3.8) is 0 Å². The molecule has 0 unspecified atom stereocenters. The topological polar surface area (TPSA) is 44.7 Å². The molecular formula is C6H6F3N3O. The molecule has 1 rings (SSSR count). The van der Waals surface area contributed by atoms with Crippen molar-refractivity contribution < 1.29 is 18.0 Å². The molecule has 0 atom stereocenters. The summed E-state index contributed by atoms with van der Waals surface area (Å²) in [6.45, 7) is 0.172. The average Bonchev–Trinajstić information content (AvgIpc) is 2.04. The Hall–Kier alpha value is -1.53. The fourth-order valence-corrected chi connectivity index (χ4v) is 0.656. The minimum Gasteiger partial charge on any atom is -0.270 e. The molecule has 1 N–H and O–H groups in total. The number of hydrogen-bond acceptors (Lipinski definition) is 3. The van der Waals surface area contributed by atoms with Gasteiger partial charge in [-0.25, -0.2) is 4.99 Å². The number of carbonyl (C=O) groups excluding carboxylic acids is 1. The van der Waals surface area contributed by atoms with Gasteiger partial charge in [0.15, 0.2) is 0 Å². The third-order valence-corrected chi connectivity index (χ3v) is 1.20. The lowest BCUT2D eigenvalue weighted by Gasteiger charge is -2.20. The highest BCUT2D eigenvalue weighted by Gasteiger charge is 2.39. The number of halogens is 3. The molecule has 0 aromatic rings. The van der Waals surface area contributed by atoms with E-state index >= 15 is 0 Å². The smallest absolute Gasteiger partial charge is 0.270 e. The molecule has 7 heteroatoms. The Bertz CT molecular complexity index is 258. The van der Waals surface area contributed by atoms with Crippen LogP contribution in [0.15, 0.2) is 17.3 Å². The molecule has 0 aromatic heterocycles. The van der Waals surface area contributed by atoms with E-state index in [-0.39, 0.29) is 6.54 Å². The van der Waals surface area contributed by atoms with Crippen LogP contribution in [0.25, 0.3) is 0 Å². The largest absolute Gasteiger partial charge is 0.472 e. The van der Waals surface area contributed by atoms with Gasteiger partial charge in [0.25, 0.3) is 0 Å². The first-order chi connectivity index (χ1) is 6.00. The molecule has 4 nitrogen and oxygen atoms in total. The molecular weight excluding hydrogens is 187 g/mol. The van der Waals surface area contributed by atoms with E-state index in [1.54, 1.807) is 5.43 Å². The summed E-state index contributed by atoms with van der Waals surface area (Å²) in [4.78, 5) is 13.9. The summed E-state index contributed by atoms with van der Waals surface area (Å²) in [5.74, 6) is -2.01. The van der Waals surface area contributed by atoms with Crippen LogP contribution in [0.4, 0.5) is 13.2 Å². The first-order valence-electron chi connectivity index (χ1n) is 3.33. The highest BCUT2D eigenvalue weighted by atomic mass is 19.4. The van der Waals surface area contributed by atoms with Crippen molar-refractivity contribution in [3.05, 3.63) is 12.3 Å². The molecule has 0 bridgehead atoms. The van der Waals surface area contributed by atoms with Crippen molar-refractivity contribution in [2.75, 3.05) is 6.54 Å². The fourth-order valence-electron chi connectivity index (χ4n) is 0.656. The predicted molar refractivity (Wildman–Crippen MR) is 38.5 cm³/mol. The van der Waals surface area contributed by atoms with E-state index in [0.717, 1.165) is 11.3 Å². The van der Waals surface area contributed by atoms with Crippen molar-refractivity contribution in [3.8, 4) is 0 Å². The van der Waals surface area contributed by atoms with Crippen LogP contribution >= 0.6 is 0 Å². The number of carbonyl (C=O) groups is 1. The zero-order chi connectivity index (χ0) is 9.90. The van der Waals surface area contributed by atoms with Crippen LogP contribution in [-0.4, -0.2) is 30.0 Å². The lowest BCUT2D eigenvalue weighted by Crippen LogP contribution is -2.47. The van der Waals surface area contributed by atoms with E-state index in [1.807, 2.05) is 0 Å². The summed E-state index contributed by atoms with van der Waals surface area (Å²) in [6.07, 6.45) is -0.828. The van der Waals surface area contributed by atoms with Crippen molar-refractivity contribution in [1.82, 2.24) is 10.4 Å². The number of hydrogen-bond donors (Lipinski definition) is 1. The summed E-state index contributed by atoms with van der Waals surface area (Å²) in [7, 11) is 0. The first-order valence-corrected chi connectivity index (χ1v) is 3.33. The fraction of sp³-hybridized carbons (Fsp3) is 0.333. The second-order valence-electron chi connectivity index (χ2n) is 2.24. The minimum absolute atomic E-state index is 0.172. The zero-order valence-corrected chi connectivity index (χ0v) is 6.38. The third kappa shape index (κ3) is 2.77. The molecule has 13 heavy (non-hydrogen) atoms. The number of rotatable bonds is 1. The number of nitrogens with one attached hydrogen (secondary N) is 1. The van der Waals surface area contributed by atoms with Crippen LogP contribution in [0, 0.1) is 0 Å². The molecule has 72 valence electrons. The van der Waals surface area contributed by atoms with Gasteiger partial charge in [0.1, 0.15) is 6.34 Å². The van der Waals surface area contributed by atoms with Crippen molar-refractivity contribution in [1.29, 1.82) is 0 Å². The van der Waals surface area contributed by atoms with E-state index in [1.165, 1.54) is 12.3 Å². The molecule has 0 fully saturated rings. The molecule has 0 radical (unpaired) electrons. The molecule has 0 saturated carbocycles. The van der Waals surface area contributed by atoms with Gasteiger partial charge < -0.3 is 0 Å². The van der Waals surface area contributed by atoms with Gasteiger partial charge in [-0.2, -0.15) is 13.2 Å². The Labute approximate surface area is 71.7 Å². The second-order valence-corrected chi connectivity index (χ2v) is 2.24. The average molecular weight is 193 g/mol. The van der Waals surface area contributed by atoms with Gasteiger partial charge in [0.2, 0.25) is 0 Å². The highest BCUT2D eigenvalue weighted by molar-refractivity contribution is 5.82. The molecule has 0 saturated heterocycles. The van der Waals surface area contributed by atoms with E-state index in [2.05, 4.69) is 4.99 Å². The van der Waals surface area contributed by atoms with Gasteiger partial charge >= 0.3 is 12.1 Å². The SMILES string of the molecule is O=C(NN1C=NC=CC1)C(F)(F)F. The van der Waals surface area contributed by atoms with Gasteiger partial charge in [0.05, 0.1) is 6.54 Å². The van der Waals surface area contributed by atoms with Crippen LogP contribution in [-0.2, 0) is 4.79 Å². The summed E-state index contributed by atoms with van der Waals surface area (Å²) in [5, 5.41) is 0.940. The second kappa shape index (κ2) is 3.46. The number of amides is 1. The molecule has 1 heterocycles. The van der Waals surface area contributed by atoms with Crippen molar-refractivity contribution in [2.24, 2.45) is 4.99 Å². The van der Waals surface area contributed by atoms with Crippen LogP contribution in [0.5, 0.6) is 0 Å². The van der Waals surface area contributed by atoms with Gasteiger partial charge in [-0.05, 0) is 6.08 Å². The van der Waals surface area contributed by atoms with E-state index in [4.69, 9.17) is 0 Å². The van der Waals surface area contributed by atoms with Gasteiger partial charge in [-0.1, -0.05) is 0 Å². The minimum atomic E-state index is -4.87. The normalized spacial score (nSPS) is 16.1. The maximum Gasteiger partial charge on any atom is 0.472 e. The van der Waals surface area contributed by atoms with Crippen LogP contribution in [0.2, 0.25) is 0 Å². The Morgan fingerprint density at radius 1 is 1.54 bits per heavy atom.